The highest BCUT2D eigenvalue weighted by Crippen LogP contribution is 2.29. The molecule has 18 heavy (non-hydrogen) atoms. The van der Waals surface area contributed by atoms with Gasteiger partial charge in [-0.3, -0.25) is 4.79 Å². The quantitative estimate of drug-likeness (QED) is 0.836. The molecule has 0 unspecified atom stereocenters. The van der Waals surface area contributed by atoms with Gasteiger partial charge >= 0.3 is 0 Å². The van der Waals surface area contributed by atoms with Crippen molar-refractivity contribution >= 4 is 21.6 Å². The Kier molecular flexibility index (Phi) is 4.77. The summed E-state index contributed by atoms with van der Waals surface area (Å²) in [5.41, 5.74) is 0.520. The van der Waals surface area contributed by atoms with E-state index in [1.807, 2.05) is 0 Å². The highest BCUT2D eigenvalue weighted by atomic mass is 79.9. The lowest BCUT2D eigenvalue weighted by molar-refractivity contribution is 0.266. The van der Waals surface area contributed by atoms with Crippen LogP contribution in [0.3, 0.4) is 0 Å². The van der Waals surface area contributed by atoms with Gasteiger partial charge in [-0.25, -0.2) is 4.68 Å². The van der Waals surface area contributed by atoms with Crippen molar-refractivity contribution in [3.05, 3.63) is 21.0 Å². The second-order valence-corrected chi connectivity index (χ2v) is 5.43. The summed E-state index contributed by atoms with van der Waals surface area (Å²) in [5, 5.41) is 16.1. The highest BCUT2D eigenvalue weighted by molar-refractivity contribution is 9.10. The van der Waals surface area contributed by atoms with Crippen LogP contribution >= 0.6 is 15.9 Å². The number of aromatic nitrogens is 2. The van der Waals surface area contributed by atoms with Crippen LogP contribution in [-0.4, -0.2) is 28.0 Å². The number of aliphatic hydroxyl groups is 1. The normalized spacial score (nSPS) is 15.4. The number of aliphatic hydroxyl groups excluding tert-OH is 1. The first-order valence-corrected chi connectivity index (χ1v) is 7.12. The van der Waals surface area contributed by atoms with Crippen molar-refractivity contribution in [1.82, 2.24) is 9.78 Å². The minimum absolute atomic E-state index is 0.0895. The molecular weight excluding hydrogens is 298 g/mol. The molecule has 1 aromatic heterocycles. The predicted molar refractivity (Wildman–Crippen MR) is 73.7 cm³/mol. The number of anilines is 1. The van der Waals surface area contributed by atoms with Crippen LogP contribution in [0.4, 0.5) is 5.69 Å². The second kappa shape index (κ2) is 6.33. The van der Waals surface area contributed by atoms with Crippen LogP contribution in [0.1, 0.15) is 25.7 Å². The number of hydrogen-bond donors (Lipinski definition) is 2. The Hall–Kier alpha value is -0.880. The molecule has 0 atom stereocenters. The van der Waals surface area contributed by atoms with Crippen molar-refractivity contribution in [3.8, 4) is 0 Å². The molecule has 5 nitrogen and oxygen atoms in total. The number of hydrogen-bond acceptors (Lipinski definition) is 4. The van der Waals surface area contributed by atoms with Crippen molar-refractivity contribution in [2.75, 3.05) is 18.5 Å². The van der Waals surface area contributed by atoms with Gasteiger partial charge in [0.15, 0.2) is 0 Å². The van der Waals surface area contributed by atoms with Crippen molar-refractivity contribution < 1.29 is 5.11 Å². The zero-order valence-electron chi connectivity index (χ0n) is 10.2. The molecule has 0 radical (unpaired) electrons. The molecule has 1 fully saturated rings. The summed E-state index contributed by atoms with van der Waals surface area (Å²) >= 11 is 3.28. The van der Waals surface area contributed by atoms with E-state index in [0.717, 1.165) is 24.6 Å². The number of nitrogens with one attached hydrogen (secondary N) is 1. The molecule has 0 bridgehead atoms. The Morgan fingerprint density at radius 3 is 2.94 bits per heavy atom. The van der Waals surface area contributed by atoms with Crippen LogP contribution in [0.15, 0.2) is 15.5 Å². The average Bonchev–Trinajstić information content (AvgIpc) is 2.31. The van der Waals surface area contributed by atoms with Gasteiger partial charge in [0.1, 0.15) is 4.47 Å². The molecule has 0 saturated heterocycles. The Morgan fingerprint density at radius 1 is 1.56 bits per heavy atom. The van der Waals surface area contributed by atoms with Gasteiger partial charge in [-0.1, -0.05) is 19.3 Å². The third-order valence-electron chi connectivity index (χ3n) is 3.39. The van der Waals surface area contributed by atoms with Crippen LogP contribution < -0.4 is 10.9 Å². The number of rotatable bonds is 6. The van der Waals surface area contributed by atoms with E-state index in [9.17, 15) is 4.79 Å². The Morgan fingerprint density at radius 2 is 2.33 bits per heavy atom. The molecule has 2 N–H and O–H groups in total. The van der Waals surface area contributed by atoms with Gasteiger partial charge < -0.3 is 10.4 Å². The Labute approximate surface area is 114 Å². The lowest BCUT2D eigenvalue weighted by Gasteiger charge is -2.25. The van der Waals surface area contributed by atoms with Gasteiger partial charge in [0.05, 0.1) is 25.0 Å². The van der Waals surface area contributed by atoms with Crippen molar-refractivity contribution in [2.24, 2.45) is 5.92 Å². The maximum Gasteiger partial charge on any atom is 0.283 e. The first-order valence-electron chi connectivity index (χ1n) is 6.32. The average molecular weight is 316 g/mol. The predicted octanol–water partition coefficient (Wildman–Crippen LogP) is 1.60. The molecular formula is C12H18BrN3O2. The zero-order chi connectivity index (χ0) is 13.0. The van der Waals surface area contributed by atoms with E-state index < -0.39 is 0 Å². The molecule has 100 valence electrons. The van der Waals surface area contributed by atoms with Gasteiger partial charge in [0.25, 0.3) is 5.56 Å². The third-order valence-corrected chi connectivity index (χ3v) is 4.16. The van der Waals surface area contributed by atoms with Gasteiger partial charge in [0.2, 0.25) is 0 Å². The first-order chi connectivity index (χ1) is 8.72. The summed E-state index contributed by atoms with van der Waals surface area (Å²) in [6.45, 7) is 1.00. The summed E-state index contributed by atoms with van der Waals surface area (Å²) < 4.78 is 1.74. The SMILES string of the molecule is O=c1c(Br)c(NCCC2CCC2)cnn1CCO. The molecule has 1 heterocycles. The smallest absolute Gasteiger partial charge is 0.283 e. The fraction of sp³-hybridized carbons (Fsp3) is 0.667. The Balaban J connectivity index is 1.95. The van der Waals surface area contributed by atoms with E-state index in [0.29, 0.717) is 4.47 Å². The fourth-order valence-electron chi connectivity index (χ4n) is 2.03. The molecule has 0 spiro atoms. The molecule has 6 heteroatoms. The zero-order valence-corrected chi connectivity index (χ0v) is 11.8. The fourth-order valence-corrected chi connectivity index (χ4v) is 2.48. The van der Waals surface area contributed by atoms with Crippen LogP contribution in [0.5, 0.6) is 0 Å². The standard InChI is InChI=1S/C12H18BrN3O2/c13-11-10(14-5-4-9-2-1-3-9)8-15-16(6-7-17)12(11)18/h8-9,14,17H,1-7H2. The molecule has 2 rings (SSSR count). The number of nitrogens with zero attached hydrogens (tertiary/aromatic N) is 2. The monoisotopic (exact) mass is 315 g/mol. The summed E-state index contributed by atoms with van der Waals surface area (Å²) in [4.78, 5) is 11.8. The van der Waals surface area contributed by atoms with Crippen LogP contribution in [0, 0.1) is 5.92 Å². The van der Waals surface area contributed by atoms with E-state index in [4.69, 9.17) is 5.11 Å². The minimum atomic E-state index is -0.210. The second-order valence-electron chi connectivity index (χ2n) is 4.64. The molecule has 0 amide bonds. The van der Waals surface area contributed by atoms with Crippen LogP contribution in [-0.2, 0) is 6.54 Å². The molecule has 1 aliphatic rings. The van der Waals surface area contributed by atoms with Crippen molar-refractivity contribution in [3.63, 3.8) is 0 Å². The highest BCUT2D eigenvalue weighted by Gasteiger charge is 2.16. The summed E-state index contributed by atoms with van der Waals surface area (Å²) in [5.74, 6) is 0.846. The van der Waals surface area contributed by atoms with Crippen LogP contribution in [0.25, 0.3) is 0 Å². The van der Waals surface area contributed by atoms with Gasteiger partial charge in [-0.2, -0.15) is 5.10 Å². The molecule has 0 aromatic carbocycles. The molecule has 0 aliphatic heterocycles. The number of halogens is 1. The van der Waals surface area contributed by atoms with Gasteiger partial charge in [-0.15, -0.1) is 0 Å². The maximum absolute atomic E-state index is 11.8. The van der Waals surface area contributed by atoms with Gasteiger partial charge in [0, 0.05) is 6.54 Å². The topological polar surface area (TPSA) is 67.2 Å². The van der Waals surface area contributed by atoms with E-state index in [1.54, 1.807) is 6.20 Å². The summed E-state index contributed by atoms with van der Waals surface area (Å²) in [6.07, 6.45) is 6.79. The minimum Gasteiger partial charge on any atom is -0.394 e. The lowest BCUT2D eigenvalue weighted by Crippen LogP contribution is -2.26. The first kappa shape index (κ1) is 13.5. The third kappa shape index (κ3) is 3.11. The van der Waals surface area contributed by atoms with Crippen molar-refractivity contribution in [1.29, 1.82) is 0 Å². The lowest BCUT2D eigenvalue weighted by atomic mass is 9.83. The van der Waals surface area contributed by atoms with E-state index in [-0.39, 0.29) is 18.7 Å². The van der Waals surface area contributed by atoms with Crippen LogP contribution in [0.2, 0.25) is 0 Å². The molecule has 1 saturated carbocycles. The van der Waals surface area contributed by atoms with E-state index in [1.165, 1.54) is 23.9 Å². The summed E-state index contributed by atoms with van der Waals surface area (Å²) in [7, 11) is 0. The largest absolute Gasteiger partial charge is 0.394 e. The maximum atomic E-state index is 11.8. The molecule has 1 aromatic rings. The van der Waals surface area contributed by atoms with Gasteiger partial charge in [-0.05, 0) is 28.3 Å². The van der Waals surface area contributed by atoms with E-state index >= 15 is 0 Å². The summed E-state index contributed by atoms with van der Waals surface area (Å²) in [6, 6.07) is 0. The molecule has 1 aliphatic carbocycles. The van der Waals surface area contributed by atoms with Crippen molar-refractivity contribution in [2.45, 2.75) is 32.2 Å². The Bertz CT molecular complexity index is 457. The van der Waals surface area contributed by atoms with E-state index in [2.05, 4.69) is 26.3 Å².